The molecule has 0 spiro atoms. The van der Waals surface area contributed by atoms with Gasteiger partial charge in [0.2, 0.25) is 16.9 Å². The van der Waals surface area contributed by atoms with Crippen molar-refractivity contribution in [3.8, 4) is 0 Å². The van der Waals surface area contributed by atoms with Gasteiger partial charge in [-0.3, -0.25) is 9.52 Å². The van der Waals surface area contributed by atoms with Gasteiger partial charge < -0.3 is 4.90 Å². The number of carbonyl (C=O) groups is 1. The highest BCUT2D eigenvalue weighted by molar-refractivity contribution is 7.93. The Hall–Kier alpha value is -3.11. The Bertz CT molecular complexity index is 1310. The second-order valence-electron chi connectivity index (χ2n) is 8.62. The number of carbonyl (C=O) groups excluding carboxylic acids is 1. The molecule has 1 aromatic heterocycles. The van der Waals surface area contributed by atoms with Crippen LogP contribution in [-0.4, -0.2) is 58.5 Å². The molecular weight excluding hydrogens is 470 g/mol. The number of sulfonamides is 1. The van der Waals surface area contributed by atoms with Gasteiger partial charge >= 0.3 is 0 Å². The van der Waals surface area contributed by atoms with E-state index >= 15 is 0 Å². The fourth-order valence-electron chi connectivity index (χ4n) is 4.72. The molecule has 3 heterocycles. The molecule has 2 aliphatic heterocycles. The lowest BCUT2D eigenvalue weighted by Gasteiger charge is -2.33. The average molecular weight is 497 g/mol. The summed E-state index contributed by atoms with van der Waals surface area (Å²) in [5.74, 6) is 0.446. The molecule has 1 fully saturated rings. The molecule has 3 aromatic rings. The molecule has 0 radical (unpaired) electrons. The van der Waals surface area contributed by atoms with Crippen LogP contribution >= 0.6 is 11.5 Å². The molecule has 1 atom stereocenters. The van der Waals surface area contributed by atoms with E-state index in [0.29, 0.717) is 19.0 Å². The highest BCUT2D eigenvalue weighted by Gasteiger charge is 2.35. The molecule has 176 valence electrons. The zero-order valence-corrected chi connectivity index (χ0v) is 20.4. The highest BCUT2D eigenvalue weighted by Crippen LogP contribution is 2.31. The number of likely N-dealkylation sites (tertiary alicyclic amines) is 1. The first kappa shape index (κ1) is 22.7. The van der Waals surface area contributed by atoms with E-state index in [2.05, 4.69) is 37.0 Å². The van der Waals surface area contributed by atoms with Crippen molar-refractivity contribution in [2.75, 3.05) is 17.8 Å². The number of rotatable bonds is 6. The van der Waals surface area contributed by atoms with E-state index in [9.17, 15) is 13.2 Å². The van der Waals surface area contributed by atoms with Crippen molar-refractivity contribution in [3.05, 3.63) is 66.0 Å². The van der Waals surface area contributed by atoms with Gasteiger partial charge in [0.15, 0.2) is 6.21 Å². The minimum absolute atomic E-state index is 0.149. The monoisotopic (exact) mass is 496 g/mol. The summed E-state index contributed by atoms with van der Waals surface area (Å²) >= 11 is 0.991. The van der Waals surface area contributed by atoms with Gasteiger partial charge in [0.1, 0.15) is 6.33 Å². The molecular formula is C24H26N5O3S2+. The van der Waals surface area contributed by atoms with Crippen LogP contribution in [0.3, 0.4) is 0 Å². The number of benzene rings is 2. The normalized spacial score (nSPS) is 17.2. The predicted molar refractivity (Wildman–Crippen MR) is 131 cm³/mol. The van der Waals surface area contributed by atoms with Crippen LogP contribution in [0.1, 0.15) is 36.8 Å². The molecule has 0 bridgehead atoms. The quantitative estimate of drug-likeness (QED) is 0.528. The zero-order valence-electron chi connectivity index (χ0n) is 18.8. The van der Waals surface area contributed by atoms with E-state index in [-0.39, 0.29) is 22.0 Å². The van der Waals surface area contributed by atoms with Gasteiger partial charge in [-0.05, 0) is 36.5 Å². The van der Waals surface area contributed by atoms with Crippen molar-refractivity contribution >= 4 is 44.5 Å². The lowest BCUT2D eigenvalue weighted by atomic mass is 9.89. The van der Waals surface area contributed by atoms with E-state index in [1.165, 1.54) is 11.9 Å². The summed E-state index contributed by atoms with van der Waals surface area (Å²) in [6.07, 6.45) is 5.99. The second kappa shape index (κ2) is 9.27. The molecule has 5 rings (SSSR count). The topological polar surface area (TPSA) is 95.3 Å². The van der Waals surface area contributed by atoms with Gasteiger partial charge in [0.05, 0.1) is 11.3 Å². The smallest absolute Gasteiger partial charge is 0.291 e. The van der Waals surface area contributed by atoms with E-state index in [4.69, 9.17) is 0 Å². The molecule has 0 aliphatic carbocycles. The molecule has 0 unspecified atom stereocenters. The van der Waals surface area contributed by atoms with Crippen LogP contribution in [0.15, 0.2) is 59.8 Å². The van der Waals surface area contributed by atoms with Crippen LogP contribution in [0.4, 0.5) is 10.8 Å². The number of piperidine rings is 1. The third-order valence-electron chi connectivity index (χ3n) is 6.60. The number of hydrogen-bond donors (Lipinski definition) is 1. The molecule has 1 saturated heterocycles. The van der Waals surface area contributed by atoms with Crippen molar-refractivity contribution in [1.82, 2.24) is 14.3 Å². The fraction of sp³-hybridized carbons (Fsp3) is 0.333. The zero-order chi connectivity index (χ0) is 23.7. The third-order valence-corrected chi connectivity index (χ3v) is 8.67. The van der Waals surface area contributed by atoms with Crippen LogP contribution in [0.25, 0.3) is 0 Å². The maximum absolute atomic E-state index is 13.2. The van der Waals surface area contributed by atoms with Crippen LogP contribution in [0.5, 0.6) is 0 Å². The summed E-state index contributed by atoms with van der Waals surface area (Å²) in [7, 11) is -3.69. The van der Waals surface area contributed by atoms with Crippen molar-refractivity contribution in [1.29, 1.82) is 0 Å². The van der Waals surface area contributed by atoms with Crippen molar-refractivity contribution in [2.24, 2.45) is 0 Å². The SMILES string of the molecule is C[C@@H](C(=O)N1CCC(c2ccc(S(=O)(=O)Nc3ncns3)cc2)CC1)[N+]1=CCc2ccccc21. The Morgan fingerprint density at radius 2 is 1.88 bits per heavy atom. The van der Waals surface area contributed by atoms with Gasteiger partial charge in [-0.15, -0.1) is 0 Å². The first-order valence-electron chi connectivity index (χ1n) is 11.3. The first-order chi connectivity index (χ1) is 16.4. The highest BCUT2D eigenvalue weighted by atomic mass is 32.2. The van der Waals surface area contributed by atoms with Gasteiger partial charge in [0, 0.05) is 43.2 Å². The summed E-state index contributed by atoms with van der Waals surface area (Å²) in [5.41, 5.74) is 3.47. The van der Waals surface area contributed by atoms with Gasteiger partial charge in [0.25, 0.3) is 15.9 Å². The van der Waals surface area contributed by atoms with Crippen LogP contribution < -0.4 is 4.72 Å². The standard InChI is InChI=1S/C24H26N5O3S2/c1-17(29-15-12-20-4-2-3-5-22(20)29)23(30)28-13-10-19(11-14-28)18-6-8-21(9-7-18)34(31,32)27-24-25-16-26-33-24/h2-9,15-17,19H,10-14H2,1H3,(H,25,26,27)/q+1/t17-/m0/s1. The van der Waals surface area contributed by atoms with Crippen molar-refractivity contribution in [3.63, 3.8) is 0 Å². The van der Waals surface area contributed by atoms with Crippen LogP contribution in [-0.2, 0) is 21.2 Å². The number of hydrogen-bond acceptors (Lipinski definition) is 6. The van der Waals surface area contributed by atoms with Crippen molar-refractivity contribution < 1.29 is 17.8 Å². The number of anilines is 1. The minimum Gasteiger partial charge on any atom is -0.337 e. The van der Waals surface area contributed by atoms with Gasteiger partial charge in [-0.2, -0.15) is 8.95 Å². The van der Waals surface area contributed by atoms with Gasteiger partial charge in [-0.25, -0.2) is 13.4 Å². The lowest BCUT2D eigenvalue weighted by molar-refractivity contribution is -0.460. The van der Waals surface area contributed by atoms with Gasteiger partial charge in [-0.1, -0.05) is 30.3 Å². The molecule has 1 amide bonds. The average Bonchev–Trinajstić information content (AvgIpc) is 3.53. The Morgan fingerprint density at radius 1 is 1.15 bits per heavy atom. The Labute approximate surface area is 203 Å². The first-order valence-corrected chi connectivity index (χ1v) is 13.6. The predicted octanol–water partition coefficient (Wildman–Crippen LogP) is 3.40. The van der Waals surface area contributed by atoms with E-state index < -0.39 is 10.0 Å². The summed E-state index contributed by atoms with van der Waals surface area (Å²) in [6.45, 7) is 3.37. The number of aromatic nitrogens is 2. The molecule has 2 aliphatic rings. The molecule has 0 saturated carbocycles. The second-order valence-corrected chi connectivity index (χ2v) is 11.1. The Kier molecular flexibility index (Phi) is 6.18. The number of fused-ring (bicyclic) bond motifs is 1. The summed E-state index contributed by atoms with van der Waals surface area (Å²) < 4.78 is 33.4. The van der Waals surface area contributed by atoms with E-state index in [1.54, 1.807) is 12.1 Å². The maximum atomic E-state index is 13.2. The molecule has 10 heteroatoms. The van der Waals surface area contributed by atoms with Crippen molar-refractivity contribution in [2.45, 2.75) is 43.0 Å². The fourth-order valence-corrected chi connectivity index (χ4v) is 6.39. The third kappa shape index (κ3) is 4.47. The summed E-state index contributed by atoms with van der Waals surface area (Å²) in [5, 5.41) is 0.241. The lowest BCUT2D eigenvalue weighted by Crippen LogP contribution is -2.45. The Morgan fingerprint density at radius 3 is 2.59 bits per heavy atom. The number of para-hydroxylation sites is 1. The molecule has 8 nitrogen and oxygen atoms in total. The molecule has 34 heavy (non-hydrogen) atoms. The number of nitrogens with one attached hydrogen (secondary N) is 1. The maximum Gasteiger partial charge on any atom is 0.291 e. The van der Waals surface area contributed by atoms with Crippen LogP contribution in [0, 0.1) is 0 Å². The Balaban J connectivity index is 1.19. The molecule has 2 aromatic carbocycles. The summed E-state index contributed by atoms with van der Waals surface area (Å²) in [6, 6.07) is 15.0. The van der Waals surface area contributed by atoms with E-state index in [0.717, 1.165) is 42.0 Å². The number of amides is 1. The van der Waals surface area contributed by atoms with Crippen LogP contribution in [0.2, 0.25) is 0 Å². The van der Waals surface area contributed by atoms with E-state index in [1.807, 2.05) is 36.1 Å². The number of nitrogens with zero attached hydrogens (tertiary/aromatic N) is 4. The summed E-state index contributed by atoms with van der Waals surface area (Å²) in [4.78, 5) is 19.2. The minimum atomic E-state index is -3.69. The molecule has 1 N–H and O–H groups in total. The largest absolute Gasteiger partial charge is 0.337 e.